The summed E-state index contributed by atoms with van der Waals surface area (Å²) in [7, 11) is 0. The van der Waals surface area contributed by atoms with Crippen molar-refractivity contribution in [1.82, 2.24) is 0 Å². The van der Waals surface area contributed by atoms with Crippen LogP contribution in [0.2, 0.25) is 0 Å². The van der Waals surface area contributed by atoms with Gasteiger partial charge >= 0.3 is 17.9 Å². The second-order valence-electron chi connectivity index (χ2n) is 6.19. The molecule has 120 valence electrons. The van der Waals surface area contributed by atoms with Crippen molar-refractivity contribution in [3.05, 3.63) is 35.9 Å². The first-order valence-electron chi connectivity index (χ1n) is 6.82. The van der Waals surface area contributed by atoms with Crippen molar-refractivity contribution >= 4 is 17.9 Å². The largest absolute Gasteiger partial charge is 0.459 e. The van der Waals surface area contributed by atoms with Gasteiger partial charge in [0, 0.05) is 0 Å². The molecule has 0 unspecified atom stereocenters. The van der Waals surface area contributed by atoms with E-state index in [1.54, 1.807) is 45.0 Å². The van der Waals surface area contributed by atoms with E-state index in [2.05, 4.69) is 4.74 Å². The number of hydrogen-bond donors (Lipinski definition) is 1. The van der Waals surface area contributed by atoms with E-state index in [0.29, 0.717) is 0 Å². The van der Waals surface area contributed by atoms with Crippen LogP contribution in [0.15, 0.2) is 30.3 Å². The van der Waals surface area contributed by atoms with E-state index in [4.69, 9.17) is 10.5 Å². The molecule has 2 N–H and O–H groups in total. The molecule has 0 aromatic heterocycles. The van der Waals surface area contributed by atoms with E-state index in [0.717, 1.165) is 12.5 Å². The van der Waals surface area contributed by atoms with Crippen molar-refractivity contribution in [2.75, 3.05) is 0 Å². The van der Waals surface area contributed by atoms with E-state index in [1.165, 1.54) is 0 Å². The molecule has 0 saturated carbocycles. The van der Waals surface area contributed by atoms with Gasteiger partial charge in [0.1, 0.15) is 6.61 Å². The van der Waals surface area contributed by atoms with Gasteiger partial charge in [-0.1, -0.05) is 30.3 Å². The highest BCUT2D eigenvalue weighted by Crippen LogP contribution is 2.17. The fourth-order valence-corrected chi connectivity index (χ4v) is 1.30. The van der Waals surface area contributed by atoms with Gasteiger partial charge in [-0.15, -0.1) is 0 Å². The molecule has 1 atom stereocenters. The number of benzene rings is 1. The lowest BCUT2D eigenvalue weighted by atomic mass is 9.97. The predicted molar refractivity (Wildman–Crippen MR) is 79.4 cm³/mol. The highest BCUT2D eigenvalue weighted by Gasteiger charge is 2.43. The summed E-state index contributed by atoms with van der Waals surface area (Å²) in [5.74, 6) is -2.85. The smallest absolute Gasteiger partial charge is 0.345 e. The van der Waals surface area contributed by atoms with Crippen LogP contribution in [-0.4, -0.2) is 23.4 Å². The van der Waals surface area contributed by atoms with Crippen LogP contribution in [0.3, 0.4) is 0 Å². The fourth-order valence-electron chi connectivity index (χ4n) is 1.30. The maximum absolute atomic E-state index is 12.0. The van der Waals surface area contributed by atoms with Gasteiger partial charge in [-0.05, 0) is 33.3 Å². The Kier molecular flexibility index (Phi) is 5.43. The molecular weight excluding hydrogens is 286 g/mol. The van der Waals surface area contributed by atoms with Crippen molar-refractivity contribution in [2.24, 2.45) is 11.1 Å². The standard InChI is InChI=1S/C16H21NO5/c1-15(2,3)12(18)22-14(20)16(4,17)13(19)21-10-11-8-6-5-7-9-11/h5-9H,10,17H2,1-4H3/t16-/m0/s1. The SMILES string of the molecule is CC(C)(C)C(=O)OC(=O)[C@@](C)(N)C(=O)OCc1ccccc1. The fraction of sp³-hybridized carbons (Fsp3) is 0.438. The topological polar surface area (TPSA) is 95.7 Å². The zero-order valence-electron chi connectivity index (χ0n) is 13.2. The number of ether oxygens (including phenoxy) is 2. The number of nitrogens with two attached hydrogens (primary N) is 1. The average molecular weight is 307 g/mol. The van der Waals surface area contributed by atoms with Gasteiger partial charge < -0.3 is 15.2 Å². The van der Waals surface area contributed by atoms with Crippen LogP contribution in [0.1, 0.15) is 33.3 Å². The maximum Gasteiger partial charge on any atom is 0.345 e. The molecule has 1 aromatic carbocycles. The zero-order valence-corrected chi connectivity index (χ0v) is 13.2. The van der Waals surface area contributed by atoms with E-state index in [-0.39, 0.29) is 6.61 Å². The Labute approximate surface area is 129 Å². The maximum atomic E-state index is 12.0. The summed E-state index contributed by atoms with van der Waals surface area (Å²) in [6.45, 7) is 5.89. The monoisotopic (exact) mass is 307 g/mol. The molecule has 0 spiro atoms. The van der Waals surface area contributed by atoms with Crippen LogP contribution >= 0.6 is 0 Å². The van der Waals surface area contributed by atoms with Gasteiger partial charge in [0.25, 0.3) is 0 Å². The lowest BCUT2D eigenvalue weighted by Gasteiger charge is -2.22. The van der Waals surface area contributed by atoms with Crippen LogP contribution in [0.4, 0.5) is 0 Å². The third kappa shape index (κ3) is 4.66. The molecule has 0 aliphatic carbocycles. The van der Waals surface area contributed by atoms with Gasteiger partial charge in [0.2, 0.25) is 5.54 Å². The third-order valence-electron chi connectivity index (χ3n) is 2.86. The first kappa shape index (κ1) is 17.8. The van der Waals surface area contributed by atoms with Crippen molar-refractivity contribution < 1.29 is 23.9 Å². The Morgan fingerprint density at radius 1 is 0.955 bits per heavy atom. The van der Waals surface area contributed by atoms with Gasteiger partial charge in [0.05, 0.1) is 5.41 Å². The number of rotatable bonds is 4. The minimum atomic E-state index is -2.05. The lowest BCUT2D eigenvalue weighted by Crippen LogP contribution is -2.55. The molecule has 0 amide bonds. The molecule has 0 aliphatic heterocycles. The molecule has 0 saturated heterocycles. The van der Waals surface area contributed by atoms with E-state index < -0.39 is 28.9 Å². The van der Waals surface area contributed by atoms with Gasteiger partial charge in [-0.3, -0.25) is 4.79 Å². The first-order chi connectivity index (χ1) is 10.0. The van der Waals surface area contributed by atoms with E-state index >= 15 is 0 Å². The van der Waals surface area contributed by atoms with Gasteiger partial charge in [-0.2, -0.15) is 0 Å². The molecule has 0 bridgehead atoms. The second-order valence-corrected chi connectivity index (χ2v) is 6.19. The molecular formula is C16H21NO5. The minimum Gasteiger partial charge on any atom is -0.459 e. The summed E-state index contributed by atoms with van der Waals surface area (Å²) in [6.07, 6.45) is 0. The Bertz CT molecular complexity index is 558. The quantitative estimate of drug-likeness (QED) is 0.670. The Balaban J connectivity index is 2.66. The summed E-state index contributed by atoms with van der Waals surface area (Å²) >= 11 is 0. The van der Waals surface area contributed by atoms with Crippen LogP contribution in [0, 0.1) is 5.41 Å². The Morgan fingerprint density at radius 2 is 1.50 bits per heavy atom. The van der Waals surface area contributed by atoms with Crippen molar-refractivity contribution in [2.45, 2.75) is 39.8 Å². The number of carbonyl (C=O) groups is 3. The molecule has 0 heterocycles. The highest BCUT2D eigenvalue weighted by atomic mass is 16.6. The first-order valence-corrected chi connectivity index (χ1v) is 6.82. The molecule has 0 radical (unpaired) electrons. The van der Waals surface area contributed by atoms with Crippen molar-refractivity contribution in [3.63, 3.8) is 0 Å². The van der Waals surface area contributed by atoms with E-state index in [9.17, 15) is 14.4 Å². The lowest BCUT2D eigenvalue weighted by molar-refractivity contribution is -0.173. The Hall–Kier alpha value is -2.21. The van der Waals surface area contributed by atoms with Crippen LogP contribution in [0.25, 0.3) is 0 Å². The Morgan fingerprint density at radius 3 is 2.00 bits per heavy atom. The second kappa shape index (κ2) is 6.70. The molecule has 0 fully saturated rings. The summed E-state index contributed by atoms with van der Waals surface area (Å²) in [4.78, 5) is 35.5. The summed E-state index contributed by atoms with van der Waals surface area (Å²) in [6, 6.07) is 8.95. The van der Waals surface area contributed by atoms with Crippen molar-refractivity contribution in [3.8, 4) is 0 Å². The number of hydrogen-bond acceptors (Lipinski definition) is 6. The predicted octanol–water partition coefficient (Wildman–Crippen LogP) is 1.56. The van der Waals surface area contributed by atoms with Crippen molar-refractivity contribution in [1.29, 1.82) is 0 Å². The zero-order chi connectivity index (χ0) is 17.0. The summed E-state index contributed by atoms with van der Waals surface area (Å²) < 4.78 is 9.65. The molecule has 6 heteroatoms. The highest BCUT2D eigenvalue weighted by molar-refractivity contribution is 6.07. The van der Waals surface area contributed by atoms with Crippen LogP contribution in [0.5, 0.6) is 0 Å². The summed E-state index contributed by atoms with van der Waals surface area (Å²) in [5, 5.41) is 0. The number of esters is 3. The molecule has 0 aliphatic rings. The third-order valence-corrected chi connectivity index (χ3v) is 2.86. The summed E-state index contributed by atoms with van der Waals surface area (Å²) in [5.41, 5.74) is 3.49. The van der Waals surface area contributed by atoms with Crippen LogP contribution in [-0.2, 0) is 30.5 Å². The normalized spacial score (nSPS) is 13.9. The van der Waals surface area contributed by atoms with Crippen LogP contribution < -0.4 is 5.73 Å². The minimum absolute atomic E-state index is 0.0209. The van der Waals surface area contributed by atoms with E-state index in [1.807, 2.05) is 6.07 Å². The molecule has 22 heavy (non-hydrogen) atoms. The average Bonchev–Trinajstić information content (AvgIpc) is 2.44. The van der Waals surface area contributed by atoms with Gasteiger partial charge in [0.15, 0.2) is 0 Å². The number of carbonyl (C=O) groups excluding carboxylic acids is 3. The molecule has 1 rings (SSSR count). The molecule has 6 nitrogen and oxygen atoms in total. The molecule has 1 aromatic rings. The van der Waals surface area contributed by atoms with Gasteiger partial charge in [-0.25, -0.2) is 9.59 Å².